The Kier molecular flexibility index (Phi) is 4.93. The Morgan fingerprint density at radius 2 is 2.10 bits per heavy atom. The van der Waals surface area contributed by atoms with E-state index in [4.69, 9.17) is 26.2 Å². The quantitative estimate of drug-likeness (QED) is 0.740. The molecule has 3 aliphatic rings. The van der Waals surface area contributed by atoms with Crippen LogP contribution in [-0.4, -0.2) is 52.2 Å². The van der Waals surface area contributed by atoms with Gasteiger partial charge >= 0.3 is 6.09 Å². The molecular weight excluding hydrogens is 418 g/mol. The molecule has 0 saturated carbocycles. The summed E-state index contributed by atoms with van der Waals surface area (Å²) in [5, 5.41) is 17.6. The highest BCUT2D eigenvalue weighted by Gasteiger charge is 2.52. The van der Waals surface area contributed by atoms with Gasteiger partial charge in [0.1, 0.15) is 11.5 Å². The molecule has 0 unspecified atom stereocenters. The minimum Gasteiger partial charge on any atom is -0.508 e. The molecule has 8 heteroatoms. The molecule has 3 heterocycles. The molecular formula is C23H24ClN3O4. The lowest BCUT2D eigenvalue weighted by atomic mass is 9.91. The predicted octanol–water partition coefficient (Wildman–Crippen LogP) is 4.54. The summed E-state index contributed by atoms with van der Waals surface area (Å²) in [6.45, 7) is 3.23. The summed E-state index contributed by atoms with van der Waals surface area (Å²) in [4.78, 5) is 13.9. The van der Waals surface area contributed by atoms with E-state index in [2.05, 4.69) is 0 Å². The zero-order valence-corrected chi connectivity index (χ0v) is 18.0. The van der Waals surface area contributed by atoms with Crippen molar-refractivity contribution in [3.63, 3.8) is 0 Å². The SMILES string of the molecule is CCOC(=O)N1CCC2(CC1)Oc1ccc(Cl)cc1[C@H]1CC(c3cccc(O)c3)=NN12. The standard InChI is InChI=1S/C23H24ClN3O4/c1-2-30-22(29)26-10-8-23(9-11-26)27-20(18-13-16(24)6-7-21(18)31-23)14-19(25-27)15-4-3-5-17(28)12-15/h3-7,12-13,20,28H,2,8-11,14H2,1H3/t20-/m1/s1. The predicted molar refractivity (Wildman–Crippen MR) is 116 cm³/mol. The second kappa shape index (κ2) is 7.64. The minimum absolute atomic E-state index is 0.0195. The van der Waals surface area contributed by atoms with Gasteiger partial charge in [-0.3, -0.25) is 0 Å². The van der Waals surface area contributed by atoms with Crippen LogP contribution in [0.15, 0.2) is 47.6 Å². The van der Waals surface area contributed by atoms with Gasteiger partial charge in [-0.2, -0.15) is 5.10 Å². The number of fused-ring (bicyclic) bond motifs is 4. The number of nitrogens with zero attached hydrogens (tertiary/aromatic N) is 3. The van der Waals surface area contributed by atoms with Crippen LogP contribution in [0.5, 0.6) is 11.5 Å². The number of hydrogen-bond donors (Lipinski definition) is 1. The molecule has 2 aromatic rings. The number of carbonyl (C=O) groups excluding carboxylic acids is 1. The third-order valence-electron chi connectivity index (χ3n) is 6.21. The first-order chi connectivity index (χ1) is 15.0. The Morgan fingerprint density at radius 3 is 2.84 bits per heavy atom. The number of hydrogen-bond acceptors (Lipinski definition) is 6. The number of ether oxygens (including phenoxy) is 2. The van der Waals surface area contributed by atoms with E-state index in [9.17, 15) is 9.90 Å². The van der Waals surface area contributed by atoms with E-state index in [1.165, 1.54) is 0 Å². The van der Waals surface area contributed by atoms with Crippen LogP contribution in [0.4, 0.5) is 4.79 Å². The third kappa shape index (κ3) is 3.47. The lowest BCUT2D eigenvalue weighted by molar-refractivity contribution is -0.147. The first-order valence-electron chi connectivity index (χ1n) is 10.6. The Balaban J connectivity index is 1.50. The summed E-state index contributed by atoms with van der Waals surface area (Å²) in [7, 11) is 0. The second-order valence-corrected chi connectivity index (χ2v) is 8.51. The maximum absolute atomic E-state index is 12.2. The number of benzene rings is 2. The number of carbonyl (C=O) groups is 1. The van der Waals surface area contributed by atoms with Crippen molar-refractivity contribution >= 4 is 23.4 Å². The second-order valence-electron chi connectivity index (χ2n) is 8.08. The van der Waals surface area contributed by atoms with E-state index >= 15 is 0 Å². The molecule has 5 rings (SSSR count). The van der Waals surface area contributed by atoms with Gasteiger partial charge in [0.05, 0.1) is 18.4 Å². The molecule has 1 fully saturated rings. The van der Waals surface area contributed by atoms with E-state index in [-0.39, 0.29) is 17.9 Å². The fourth-order valence-electron chi connectivity index (χ4n) is 4.70. The first-order valence-corrected chi connectivity index (χ1v) is 10.9. The molecule has 1 saturated heterocycles. The molecule has 1 spiro atoms. The molecule has 0 bridgehead atoms. The van der Waals surface area contributed by atoms with Crippen LogP contribution in [0.25, 0.3) is 0 Å². The van der Waals surface area contributed by atoms with Gasteiger partial charge < -0.3 is 19.5 Å². The highest BCUT2D eigenvalue weighted by molar-refractivity contribution is 6.30. The van der Waals surface area contributed by atoms with Crippen LogP contribution in [-0.2, 0) is 4.74 Å². The summed E-state index contributed by atoms with van der Waals surface area (Å²) < 4.78 is 11.7. The van der Waals surface area contributed by atoms with Gasteiger partial charge in [0.15, 0.2) is 0 Å². The molecule has 7 nitrogen and oxygen atoms in total. The average molecular weight is 442 g/mol. The molecule has 3 aliphatic heterocycles. The number of likely N-dealkylation sites (tertiary alicyclic amines) is 1. The van der Waals surface area contributed by atoms with Crippen LogP contribution >= 0.6 is 11.6 Å². The van der Waals surface area contributed by atoms with Crippen molar-refractivity contribution in [2.45, 2.75) is 38.0 Å². The number of rotatable bonds is 2. The van der Waals surface area contributed by atoms with E-state index < -0.39 is 5.72 Å². The number of piperidine rings is 1. The summed E-state index contributed by atoms with van der Waals surface area (Å²) in [5.74, 6) is 1.02. The van der Waals surface area contributed by atoms with E-state index in [0.29, 0.717) is 44.0 Å². The molecule has 2 aromatic carbocycles. The molecule has 1 N–H and O–H groups in total. The largest absolute Gasteiger partial charge is 0.508 e. The highest BCUT2D eigenvalue weighted by Crippen LogP contribution is 2.50. The van der Waals surface area contributed by atoms with Crippen LogP contribution in [0.1, 0.15) is 43.4 Å². The van der Waals surface area contributed by atoms with Crippen molar-refractivity contribution in [1.82, 2.24) is 9.91 Å². The van der Waals surface area contributed by atoms with Gasteiger partial charge in [-0.15, -0.1) is 0 Å². The number of phenolic OH excluding ortho intramolecular Hbond substituents is 1. The minimum atomic E-state index is -0.646. The van der Waals surface area contributed by atoms with Gasteiger partial charge in [-0.05, 0) is 37.3 Å². The molecule has 0 radical (unpaired) electrons. The van der Waals surface area contributed by atoms with Crippen molar-refractivity contribution in [2.75, 3.05) is 19.7 Å². The number of hydrazone groups is 1. The Hall–Kier alpha value is -2.93. The number of aromatic hydroxyl groups is 1. The molecule has 1 atom stereocenters. The van der Waals surface area contributed by atoms with Crippen molar-refractivity contribution in [3.8, 4) is 11.5 Å². The first kappa shape index (κ1) is 20.0. The van der Waals surface area contributed by atoms with Gasteiger partial charge in [-0.1, -0.05) is 23.7 Å². The van der Waals surface area contributed by atoms with E-state index in [1.807, 2.05) is 42.3 Å². The highest BCUT2D eigenvalue weighted by atomic mass is 35.5. The molecule has 0 aliphatic carbocycles. The van der Waals surface area contributed by atoms with Gasteiger partial charge in [0.2, 0.25) is 5.72 Å². The summed E-state index contributed by atoms with van der Waals surface area (Å²) >= 11 is 6.30. The molecule has 1 amide bonds. The van der Waals surface area contributed by atoms with Gasteiger partial charge in [0, 0.05) is 48.5 Å². The van der Waals surface area contributed by atoms with Crippen LogP contribution in [0.3, 0.4) is 0 Å². The van der Waals surface area contributed by atoms with Crippen molar-refractivity contribution < 1.29 is 19.4 Å². The topological polar surface area (TPSA) is 74.6 Å². The molecule has 0 aromatic heterocycles. The molecule has 31 heavy (non-hydrogen) atoms. The summed E-state index contributed by atoms with van der Waals surface area (Å²) in [5.41, 5.74) is 2.14. The Labute approximate surface area is 185 Å². The zero-order valence-electron chi connectivity index (χ0n) is 17.3. The number of amides is 1. The lowest BCUT2D eigenvalue weighted by Crippen LogP contribution is -2.59. The fraction of sp³-hybridized carbons (Fsp3) is 0.391. The van der Waals surface area contributed by atoms with Crippen LogP contribution < -0.4 is 4.74 Å². The van der Waals surface area contributed by atoms with E-state index in [0.717, 1.165) is 22.6 Å². The number of halogens is 1. The van der Waals surface area contributed by atoms with Crippen molar-refractivity contribution in [3.05, 3.63) is 58.6 Å². The van der Waals surface area contributed by atoms with Crippen molar-refractivity contribution in [1.29, 1.82) is 0 Å². The average Bonchev–Trinajstić information content (AvgIpc) is 3.22. The Morgan fingerprint density at radius 1 is 1.29 bits per heavy atom. The van der Waals surface area contributed by atoms with Crippen LogP contribution in [0, 0.1) is 0 Å². The van der Waals surface area contributed by atoms with Gasteiger partial charge in [-0.25, -0.2) is 9.80 Å². The zero-order chi connectivity index (χ0) is 21.6. The maximum Gasteiger partial charge on any atom is 0.409 e. The normalized spacial score (nSPS) is 21.2. The lowest BCUT2D eigenvalue weighted by Gasteiger charge is -2.51. The third-order valence-corrected chi connectivity index (χ3v) is 6.44. The van der Waals surface area contributed by atoms with Crippen molar-refractivity contribution in [2.24, 2.45) is 5.10 Å². The van der Waals surface area contributed by atoms with E-state index in [1.54, 1.807) is 17.0 Å². The number of phenols is 1. The maximum atomic E-state index is 12.2. The van der Waals surface area contributed by atoms with Gasteiger partial charge in [0.25, 0.3) is 0 Å². The van der Waals surface area contributed by atoms with Crippen LogP contribution in [0.2, 0.25) is 5.02 Å². The smallest absolute Gasteiger partial charge is 0.409 e. The monoisotopic (exact) mass is 441 g/mol. The molecule has 162 valence electrons. The fourth-order valence-corrected chi connectivity index (χ4v) is 4.88. The Bertz CT molecular complexity index is 1050. The summed E-state index contributed by atoms with van der Waals surface area (Å²) in [6.07, 6.45) is 1.62. The summed E-state index contributed by atoms with van der Waals surface area (Å²) in [6, 6.07) is 12.8.